The van der Waals surface area contributed by atoms with Crippen molar-refractivity contribution >= 4 is 17.5 Å². The zero-order valence-corrected chi connectivity index (χ0v) is 12.9. The lowest BCUT2D eigenvalue weighted by molar-refractivity contribution is -0.134. The third kappa shape index (κ3) is 2.86. The Morgan fingerprint density at radius 1 is 1.29 bits per heavy atom. The number of rotatable bonds is 4. The Kier molecular flexibility index (Phi) is 4.50. The van der Waals surface area contributed by atoms with Crippen LogP contribution in [-0.4, -0.2) is 31.0 Å². The summed E-state index contributed by atoms with van der Waals surface area (Å²) in [5, 5.41) is 2.83. The molecule has 1 heterocycles. The number of methoxy groups -OCH3 is 1. The highest BCUT2D eigenvalue weighted by Crippen LogP contribution is 2.26. The molecule has 1 saturated heterocycles. The molecular weight excluding hydrogens is 268 g/mol. The zero-order valence-electron chi connectivity index (χ0n) is 12.9. The molecule has 0 spiro atoms. The second-order valence-corrected chi connectivity index (χ2v) is 5.45. The maximum absolute atomic E-state index is 12.7. The first-order chi connectivity index (χ1) is 9.99. The summed E-state index contributed by atoms with van der Waals surface area (Å²) in [6.45, 7) is 5.73. The predicted molar refractivity (Wildman–Crippen MR) is 81.3 cm³/mol. The fraction of sp³-hybridized carbons (Fsp3) is 0.500. The van der Waals surface area contributed by atoms with Gasteiger partial charge < -0.3 is 10.1 Å². The summed E-state index contributed by atoms with van der Waals surface area (Å²) >= 11 is 0. The molecule has 0 bridgehead atoms. The maximum atomic E-state index is 12.7. The highest BCUT2D eigenvalue weighted by Gasteiger charge is 2.40. The van der Waals surface area contributed by atoms with Crippen LogP contribution in [0.15, 0.2) is 24.3 Å². The van der Waals surface area contributed by atoms with Crippen LogP contribution in [0, 0.1) is 5.92 Å². The number of hydrogen-bond donors (Lipinski definition) is 1. The molecular formula is C16H22N2O3. The Balaban J connectivity index is 2.33. The summed E-state index contributed by atoms with van der Waals surface area (Å²) in [6.07, 6.45) is 0.835. The van der Waals surface area contributed by atoms with Crippen molar-refractivity contribution in [2.75, 3.05) is 12.0 Å². The minimum Gasteiger partial charge on any atom is -0.497 e. The Bertz CT molecular complexity index is 527. The Morgan fingerprint density at radius 3 is 2.43 bits per heavy atom. The van der Waals surface area contributed by atoms with E-state index in [1.807, 2.05) is 13.8 Å². The van der Waals surface area contributed by atoms with E-state index in [0.717, 1.165) is 17.9 Å². The van der Waals surface area contributed by atoms with E-state index < -0.39 is 12.1 Å². The minimum atomic E-state index is -0.508. The molecule has 0 radical (unpaired) electrons. The number of amides is 2. The Hall–Kier alpha value is -2.04. The lowest BCUT2D eigenvalue weighted by Gasteiger charge is -2.39. The highest BCUT2D eigenvalue weighted by atomic mass is 16.5. The van der Waals surface area contributed by atoms with Gasteiger partial charge in [0.25, 0.3) is 5.91 Å². The second kappa shape index (κ2) is 6.16. The van der Waals surface area contributed by atoms with Crippen LogP contribution in [0.25, 0.3) is 0 Å². The van der Waals surface area contributed by atoms with E-state index in [4.69, 9.17) is 4.74 Å². The van der Waals surface area contributed by atoms with Gasteiger partial charge in [0, 0.05) is 5.69 Å². The SMILES string of the molecule is CCC(C)C1NC(=O)C(C)N(c2ccc(OC)cc2)C1=O. The van der Waals surface area contributed by atoms with Crippen LogP contribution in [0.4, 0.5) is 5.69 Å². The smallest absolute Gasteiger partial charge is 0.250 e. The summed E-state index contributed by atoms with van der Waals surface area (Å²) < 4.78 is 5.13. The fourth-order valence-corrected chi connectivity index (χ4v) is 2.51. The summed E-state index contributed by atoms with van der Waals surface area (Å²) in [6, 6.07) is 6.23. The third-order valence-electron chi connectivity index (χ3n) is 4.13. The number of piperazine rings is 1. The van der Waals surface area contributed by atoms with Crippen molar-refractivity contribution in [1.29, 1.82) is 0 Å². The van der Waals surface area contributed by atoms with Crippen LogP contribution in [0.3, 0.4) is 0 Å². The topological polar surface area (TPSA) is 58.6 Å². The average molecular weight is 290 g/mol. The number of hydrogen-bond acceptors (Lipinski definition) is 3. The van der Waals surface area contributed by atoms with Crippen LogP contribution in [0.2, 0.25) is 0 Å². The fourth-order valence-electron chi connectivity index (χ4n) is 2.51. The van der Waals surface area contributed by atoms with Gasteiger partial charge in [0.15, 0.2) is 0 Å². The first-order valence-electron chi connectivity index (χ1n) is 7.27. The van der Waals surface area contributed by atoms with E-state index in [9.17, 15) is 9.59 Å². The average Bonchev–Trinajstić information content (AvgIpc) is 2.51. The molecule has 1 N–H and O–H groups in total. The molecule has 5 nitrogen and oxygen atoms in total. The standard InChI is InChI=1S/C16H22N2O3/c1-5-10(2)14-16(20)18(11(3)15(19)17-14)12-6-8-13(21-4)9-7-12/h6-11,14H,5H2,1-4H3,(H,17,19). The lowest BCUT2D eigenvalue weighted by Crippen LogP contribution is -2.64. The molecule has 1 fully saturated rings. The predicted octanol–water partition coefficient (Wildman–Crippen LogP) is 1.96. The summed E-state index contributed by atoms with van der Waals surface area (Å²) in [5.41, 5.74) is 0.719. The molecule has 21 heavy (non-hydrogen) atoms. The summed E-state index contributed by atoms with van der Waals surface area (Å²) in [7, 11) is 1.59. The molecule has 2 rings (SSSR count). The lowest BCUT2D eigenvalue weighted by atomic mass is 9.94. The van der Waals surface area contributed by atoms with Gasteiger partial charge in [0.05, 0.1) is 7.11 Å². The van der Waals surface area contributed by atoms with Gasteiger partial charge in [0.2, 0.25) is 5.91 Å². The summed E-state index contributed by atoms with van der Waals surface area (Å²) in [5.74, 6) is 0.658. The molecule has 3 unspecified atom stereocenters. The van der Waals surface area contributed by atoms with Gasteiger partial charge in [-0.05, 0) is 37.1 Å². The number of carbonyl (C=O) groups is 2. The van der Waals surface area contributed by atoms with E-state index in [-0.39, 0.29) is 17.7 Å². The van der Waals surface area contributed by atoms with Crippen LogP contribution in [-0.2, 0) is 9.59 Å². The van der Waals surface area contributed by atoms with E-state index in [1.54, 1.807) is 43.2 Å². The van der Waals surface area contributed by atoms with Crippen molar-refractivity contribution in [2.24, 2.45) is 5.92 Å². The molecule has 1 aliphatic rings. The Morgan fingerprint density at radius 2 is 1.90 bits per heavy atom. The number of nitrogens with zero attached hydrogens (tertiary/aromatic N) is 1. The van der Waals surface area contributed by atoms with Crippen molar-refractivity contribution in [2.45, 2.75) is 39.3 Å². The van der Waals surface area contributed by atoms with Gasteiger partial charge in [0.1, 0.15) is 17.8 Å². The van der Waals surface area contributed by atoms with Crippen molar-refractivity contribution in [1.82, 2.24) is 5.32 Å². The first kappa shape index (κ1) is 15.4. The molecule has 1 aromatic rings. The van der Waals surface area contributed by atoms with Gasteiger partial charge in [-0.1, -0.05) is 20.3 Å². The van der Waals surface area contributed by atoms with Crippen LogP contribution >= 0.6 is 0 Å². The monoisotopic (exact) mass is 290 g/mol. The Labute approximate surface area is 125 Å². The van der Waals surface area contributed by atoms with Gasteiger partial charge in [-0.3, -0.25) is 14.5 Å². The zero-order chi connectivity index (χ0) is 15.6. The van der Waals surface area contributed by atoms with Crippen LogP contribution in [0.5, 0.6) is 5.75 Å². The van der Waals surface area contributed by atoms with Gasteiger partial charge in [-0.25, -0.2) is 0 Å². The van der Waals surface area contributed by atoms with E-state index >= 15 is 0 Å². The number of carbonyl (C=O) groups excluding carboxylic acids is 2. The maximum Gasteiger partial charge on any atom is 0.250 e. The molecule has 2 amide bonds. The first-order valence-corrected chi connectivity index (χ1v) is 7.27. The highest BCUT2D eigenvalue weighted by molar-refractivity contribution is 6.08. The van der Waals surface area contributed by atoms with E-state index in [2.05, 4.69) is 5.32 Å². The third-order valence-corrected chi connectivity index (χ3v) is 4.13. The normalized spacial score (nSPS) is 23.7. The van der Waals surface area contributed by atoms with Crippen molar-refractivity contribution in [3.05, 3.63) is 24.3 Å². The largest absolute Gasteiger partial charge is 0.497 e. The number of anilines is 1. The molecule has 5 heteroatoms. The summed E-state index contributed by atoms with van der Waals surface area (Å²) in [4.78, 5) is 26.4. The van der Waals surface area contributed by atoms with Crippen molar-refractivity contribution in [3.63, 3.8) is 0 Å². The molecule has 3 atom stereocenters. The number of benzene rings is 1. The number of nitrogens with one attached hydrogen (secondary N) is 1. The van der Waals surface area contributed by atoms with E-state index in [1.165, 1.54) is 0 Å². The van der Waals surface area contributed by atoms with Crippen molar-refractivity contribution in [3.8, 4) is 5.75 Å². The minimum absolute atomic E-state index is 0.0541. The molecule has 0 saturated carbocycles. The van der Waals surface area contributed by atoms with E-state index in [0.29, 0.717) is 0 Å². The van der Waals surface area contributed by atoms with Gasteiger partial charge in [-0.15, -0.1) is 0 Å². The molecule has 0 aliphatic carbocycles. The van der Waals surface area contributed by atoms with Crippen LogP contribution < -0.4 is 15.0 Å². The molecule has 0 aromatic heterocycles. The quantitative estimate of drug-likeness (QED) is 0.922. The molecule has 1 aromatic carbocycles. The van der Waals surface area contributed by atoms with Crippen molar-refractivity contribution < 1.29 is 14.3 Å². The second-order valence-electron chi connectivity index (χ2n) is 5.45. The molecule has 1 aliphatic heterocycles. The van der Waals surface area contributed by atoms with Crippen LogP contribution in [0.1, 0.15) is 27.2 Å². The van der Waals surface area contributed by atoms with Gasteiger partial charge >= 0.3 is 0 Å². The number of ether oxygens (including phenoxy) is 1. The molecule has 114 valence electrons. The van der Waals surface area contributed by atoms with Gasteiger partial charge in [-0.2, -0.15) is 0 Å².